The topological polar surface area (TPSA) is 9.23 Å². The second-order valence-corrected chi connectivity index (χ2v) is 6.92. The van der Waals surface area contributed by atoms with Crippen molar-refractivity contribution in [2.45, 2.75) is 45.6 Å². The Hall–Kier alpha value is 0.774. The summed E-state index contributed by atoms with van der Waals surface area (Å²) in [7, 11) is -0.356. The molecule has 0 aliphatic carbocycles. The van der Waals surface area contributed by atoms with Crippen LogP contribution in [0.1, 0.15) is 40.5 Å². The summed E-state index contributed by atoms with van der Waals surface area (Å²) in [5.74, 6) is 0.740. The average molecular weight is 195 g/mol. The molecule has 1 radical (unpaired) electrons. The van der Waals surface area contributed by atoms with Gasteiger partial charge >= 0.3 is 18.9 Å². The first-order valence-corrected chi connectivity index (χ1v) is 6.16. The Morgan fingerprint density at radius 3 is 2.31 bits per heavy atom. The van der Waals surface area contributed by atoms with Crippen LogP contribution in [0.4, 0.5) is 0 Å². The Kier molecular flexibility index (Phi) is 10.1. The molecule has 3 heteroatoms. The van der Waals surface area contributed by atoms with Crippen LogP contribution in [0.3, 0.4) is 0 Å². The third-order valence-corrected chi connectivity index (χ3v) is 4.63. The zero-order valence-corrected chi connectivity index (χ0v) is 10.4. The summed E-state index contributed by atoms with van der Waals surface area (Å²) in [5, 5.41) is 0.446. The quantitative estimate of drug-likeness (QED) is 0.465. The van der Waals surface area contributed by atoms with Gasteiger partial charge in [-0.1, -0.05) is 41.0 Å². The van der Waals surface area contributed by atoms with E-state index in [4.69, 9.17) is 4.43 Å². The molecule has 0 aliphatic heterocycles. The molecule has 0 aromatic carbocycles. The van der Waals surface area contributed by atoms with E-state index < -0.39 is 0 Å². The van der Waals surface area contributed by atoms with Crippen LogP contribution < -0.4 is 0 Å². The molecule has 0 fully saturated rings. The van der Waals surface area contributed by atoms with Crippen molar-refractivity contribution in [3.05, 3.63) is 6.92 Å². The van der Waals surface area contributed by atoms with Crippen molar-refractivity contribution < 1.29 is 4.43 Å². The molecule has 0 aromatic heterocycles. The van der Waals surface area contributed by atoms with Gasteiger partial charge in [0.1, 0.15) is 0 Å². The molecule has 0 unspecified atom stereocenters. The van der Waals surface area contributed by atoms with Gasteiger partial charge in [0.2, 0.25) is 0 Å². The summed E-state index contributed by atoms with van der Waals surface area (Å²) in [4.78, 5) is 0. The molecule has 0 N–H and O–H groups in total. The van der Waals surface area contributed by atoms with E-state index in [2.05, 4.69) is 34.6 Å². The minimum atomic E-state index is -0.356. The monoisotopic (exact) mass is 195 g/mol. The van der Waals surface area contributed by atoms with Gasteiger partial charge < -0.3 is 4.43 Å². The van der Waals surface area contributed by atoms with E-state index in [1.165, 1.54) is 0 Å². The van der Waals surface area contributed by atoms with Crippen LogP contribution in [0.25, 0.3) is 0 Å². The van der Waals surface area contributed by atoms with E-state index in [-0.39, 0.29) is 28.6 Å². The zero-order chi connectivity index (χ0) is 9.61. The van der Waals surface area contributed by atoms with Gasteiger partial charge in [-0.05, 0) is 17.4 Å². The molecule has 0 heterocycles. The van der Waals surface area contributed by atoms with Gasteiger partial charge in [0.15, 0.2) is 9.76 Å². The molecular weight excluding hydrogens is 171 g/mol. The van der Waals surface area contributed by atoms with Gasteiger partial charge in [0, 0.05) is 6.61 Å². The molecule has 0 aliphatic rings. The summed E-state index contributed by atoms with van der Waals surface area (Å²) in [6.45, 7) is 13.9. The van der Waals surface area contributed by atoms with E-state index in [0.29, 0.717) is 5.04 Å². The van der Waals surface area contributed by atoms with Crippen LogP contribution >= 0.6 is 0 Å². The molecule has 0 amide bonds. The SMILES string of the molecule is [CH2]CCCO[SiH2]C(C)(C)C(C)C.[LiH]. The van der Waals surface area contributed by atoms with Crippen LogP contribution in [0.15, 0.2) is 0 Å². The maximum atomic E-state index is 5.70. The normalized spacial score (nSPS) is 12.5. The van der Waals surface area contributed by atoms with Crippen molar-refractivity contribution >= 4 is 28.6 Å². The average Bonchev–Trinajstić information content (AvgIpc) is 1.98. The predicted molar refractivity (Wildman–Crippen MR) is 65.1 cm³/mol. The van der Waals surface area contributed by atoms with E-state index in [1.807, 2.05) is 0 Å². The predicted octanol–water partition coefficient (Wildman–Crippen LogP) is 1.91. The fourth-order valence-electron chi connectivity index (χ4n) is 0.706. The number of hydrogen-bond acceptors (Lipinski definition) is 1. The standard InChI is InChI=1S/C10H23OSi.Li.H/c1-6-7-8-11-12-10(4,5)9(2)3;;/h9H,1,6-8,12H2,2-5H3;;. The van der Waals surface area contributed by atoms with E-state index in [0.717, 1.165) is 25.4 Å². The zero-order valence-electron chi connectivity index (χ0n) is 9.02. The van der Waals surface area contributed by atoms with Crippen LogP contribution in [-0.4, -0.2) is 35.2 Å². The molecule has 0 saturated carbocycles. The fraction of sp³-hybridized carbons (Fsp3) is 0.900. The van der Waals surface area contributed by atoms with Crippen molar-refractivity contribution in [1.29, 1.82) is 0 Å². The van der Waals surface area contributed by atoms with Crippen molar-refractivity contribution in [1.82, 2.24) is 0 Å². The number of rotatable bonds is 6. The van der Waals surface area contributed by atoms with Crippen LogP contribution in [0, 0.1) is 12.8 Å². The van der Waals surface area contributed by atoms with Crippen LogP contribution in [0.5, 0.6) is 0 Å². The second-order valence-electron chi connectivity index (χ2n) is 4.40. The summed E-state index contributed by atoms with van der Waals surface area (Å²) in [5.41, 5.74) is 0. The molecule has 0 aromatic rings. The first kappa shape index (κ1) is 16.2. The third-order valence-electron chi connectivity index (χ3n) is 2.58. The van der Waals surface area contributed by atoms with Crippen molar-refractivity contribution in [3.8, 4) is 0 Å². The second kappa shape index (κ2) is 8.11. The summed E-state index contributed by atoms with van der Waals surface area (Å²) in [6.07, 6.45) is 2.11. The molecule has 0 atom stereocenters. The summed E-state index contributed by atoms with van der Waals surface area (Å²) in [6, 6.07) is 0. The molecule has 0 saturated heterocycles. The first-order valence-electron chi connectivity index (χ1n) is 4.87. The van der Waals surface area contributed by atoms with E-state index >= 15 is 0 Å². The van der Waals surface area contributed by atoms with Crippen molar-refractivity contribution in [2.24, 2.45) is 5.92 Å². The van der Waals surface area contributed by atoms with Crippen molar-refractivity contribution in [3.63, 3.8) is 0 Å². The summed E-state index contributed by atoms with van der Waals surface area (Å²) < 4.78 is 5.70. The van der Waals surface area contributed by atoms with Gasteiger partial charge in [-0.15, -0.1) is 0 Å². The molecule has 0 bridgehead atoms. The number of unbranched alkanes of at least 4 members (excludes halogenated alkanes) is 1. The fourth-order valence-corrected chi connectivity index (χ4v) is 1.91. The molecule has 75 valence electrons. The van der Waals surface area contributed by atoms with Gasteiger partial charge in [0.05, 0.1) is 0 Å². The van der Waals surface area contributed by atoms with Gasteiger partial charge in [-0.2, -0.15) is 0 Å². The van der Waals surface area contributed by atoms with Crippen LogP contribution in [0.2, 0.25) is 5.04 Å². The first-order chi connectivity index (χ1) is 5.50. The molecule has 0 rings (SSSR count). The Balaban J connectivity index is 0. The number of hydrogen-bond donors (Lipinski definition) is 0. The molecule has 13 heavy (non-hydrogen) atoms. The molecule has 0 spiro atoms. The van der Waals surface area contributed by atoms with E-state index in [9.17, 15) is 0 Å². The van der Waals surface area contributed by atoms with E-state index in [1.54, 1.807) is 0 Å². The van der Waals surface area contributed by atoms with Gasteiger partial charge in [-0.25, -0.2) is 0 Å². The van der Waals surface area contributed by atoms with Crippen molar-refractivity contribution in [2.75, 3.05) is 6.61 Å². The Labute approximate surface area is 98.1 Å². The summed E-state index contributed by atoms with van der Waals surface area (Å²) >= 11 is 0. The van der Waals surface area contributed by atoms with Gasteiger partial charge in [-0.3, -0.25) is 0 Å². The Morgan fingerprint density at radius 1 is 1.38 bits per heavy atom. The van der Waals surface area contributed by atoms with Gasteiger partial charge in [0.25, 0.3) is 0 Å². The minimum absolute atomic E-state index is 0. The molecular formula is C10H24LiOSi. The van der Waals surface area contributed by atoms with Crippen LogP contribution in [-0.2, 0) is 4.43 Å². The maximum absolute atomic E-state index is 5.70. The molecule has 1 nitrogen and oxygen atoms in total. The third kappa shape index (κ3) is 7.82. The Bertz CT molecular complexity index is 115. The Morgan fingerprint density at radius 2 is 1.92 bits per heavy atom.